The predicted octanol–water partition coefficient (Wildman–Crippen LogP) is 2.82. The fourth-order valence-corrected chi connectivity index (χ4v) is 2.44. The molecule has 1 aromatic carbocycles. The molecule has 0 aliphatic rings. The van der Waals surface area contributed by atoms with Crippen LogP contribution in [0.3, 0.4) is 0 Å². The fraction of sp³-hybridized carbons (Fsp3) is 0.500. The minimum Gasteiger partial charge on any atom is -0.326 e. The summed E-state index contributed by atoms with van der Waals surface area (Å²) in [5.41, 5.74) is 7.16. The van der Waals surface area contributed by atoms with Crippen LogP contribution in [0.25, 0.3) is 0 Å². The molecule has 0 bridgehead atoms. The maximum Gasteiger partial charge on any atom is 0.0666 e. The van der Waals surface area contributed by atoms with Crippen molar-refractivity contribution in [2.75, 3.05) is 13.6 Å². The maximum absolute atomic E-state index is 8.89. The van der Waals surface area contributed by atoms with Gasteiger partial charge in [0.2, 0.25) is 0 Å². The fourth-order valence-electron chi connectivity index (χ4n) is 2.24. The van der Waals surface area contributed by atoms with Crippen LogP contribution in [0.4, 0.5) is 0 Å². The Morgan fingerprint density at radius 3 is 2.61 bits per heavy atom. The summed E-state index contributed by atoms with van der Waals surface area (Å²) in [5, 5.41) is 9.60. The highest BCUT2D eigenvalue weighted by molar-refractivity contribution is 6.30. The molecular formula is C14H20ClN3. The van der Waals surface area contributed by atoms with Crippen molar-refractivity contribution < 1.29 is 0 Å². The lowest BCUT2D eigenvalue weighted by molar-refractivity contribution is 0.205. The molecule has 4 heteroatoms. The molecule has 3 nitrogen and oxygen atoms in total. The van der Waals surface area contributed by atoms with E-state index in [4.69, 9.17) is 22.6 Å². The summed E-state index contributed by atoms with van der Waals surface area (Å²) in [7, 11) is 1.99. The van der Waals surface area contributed by atoms with Crippen LogP contribution in [-0.2, 0) is 0 Å². The lowest BCUT2D eigenvalue weighted by Crippen LogP contribution is -2.39. The van der Waals surface area contributed by atoms with Crippen LogP contribution in [0.5, 0.6) is 0 Å². The monoisotopic (exact) mass is 265 g/mol. The summed E-state index contributed by atoms with van der Waals surface area (Å²) in [6.45, 7) is 4.57. The van der Waals surface area contributed by atoms with Crippen molar-refractivity contribution in [2.24, 2.45) is 11.7 Å². The molecule has 0 saturated carbocycles. The molecule has 0 aliphatic carbocycles. The van der Waals surface area contributed by atoms with Gasteiger partial charge in [-0.15, -0.1) is 0 Å². The largest absolute Gasteiger partial charge is 0.326 e. The van der Waals surface area contributed by atoms with E-state index in [1.807, 2.05) is 45.2 Å². The molecule has 0 fully saturated rings. The molecule has 1 rings (SSSR count). The van der Waals surface area contributed by atoms with Gasteiger partial charge >= 0.3 is 0 Å². The van der Waals surface area contributed by atoms with Crippen LogP contribution in [0.15, 0.2) is 24.3 Å². The smallest absolute Gasteiger partial charge is 0.0666 e. The molecule has 3 unspecified atom stereocenters. The first-order valence-corrected chi connectivity index (χ1v) is 6.44. The standard InChI is InChI=1S/C14H20ClN3/c1-10(8-16)9-18(3)14(11(2)17)12-5-4-6-13(15)7-12/h4-7,10-11,14H,9,17H2,1-3H3. The molecule has 0 amide bonds. The Labute approximate surface area is 114 Å². The van der Waals surface area contributed by atoms with Crippen molar-refractivity contribution >= 4 is 11.6 Å². The van der Waals surface area contributed by atoms with Crippen LogP contribution < -0.4 is 5.73 Å². The van der Waals surface area contributed by atoms with E-state index in [-0.39, 0.29) is 18.0 Å². The van der Waals surface area contributed by atoms with Crippen molar-refractivity contribution in [2.45, 2.75) is 25.9 Å². The second kappa shape index (κ2) is 6.75. The van der Waals surface area contributed by atoms with Crippen molar-refractivity contribution in [1.82, 2.24) is 4.90 Å². The van der Waals surface area contributed by atoms with E-state index in [1.54, 1.807) is 0 Å². The molecule has 0 aromatic heterocycles. The van der Waals surface area contributed by atoms with Crippen molar-refractivity contribution in [1.29, 1.82) is 5.26 Å². The van der Waals surface area contributed by atoms with Gasteiger partial charge in [-0.25, -0.2) is 0 Å². The highest BCUT2D eigenvalue weighted by atomic mass is 35.5. The zero-order valence-corrected chi connectivity index (χ0v) is 11.9. The summed E-state index contributed by atoms with van der Waals surface area (Å²) in [5.74, 6) is -0.0181. The Balaban J connectivity index is 2.93. The minimum atomic E-state index is -0.0284. The van der Waals surface area contributed by atoms with Gasteiger partial charge in [-0.3, -0.25) is 4.90 Å². The highest BCUT2D eigenvalue weighted by Crippen LogP contribution is 2.25. The molecule has 0 spiro atoms. The third kappa shape index (κ3) is 3.99. The molecule has 0 saturated heterocycles. The summed E-state index contributed by atoms with van der Waals surface area (Å²) in [6.07, 6.45) is 0. The maximum atomic E-state index is 8.89. The number of hydrogen-bond donors (Lipinski definition) is 1. The summed E-state index contributed by atoms with van der Waals surface area (Å²) < 4.78 is 0. The van der Waals surface area contributed by atoms with E-state index in [9.17, 15) is 0 Å². The normalized spacial score (nSPS) is 16.1. The van der Waals surface area contributed by atoms with Gasteiger partial charge < -0.3 is 5.73 Å². The molecule has 2 N–H and O–H groups in total. The first-order chi connectivity index (χ1) is 8.45. The Kier molecular flexibility index (Phi) is 5.61. The second-order valence-corrected chi connectivity index (χ2v) is 5.27. The van der Waals surface area contributed by atoms with E-state index in [2.05, 4.69) is 11.0 Å². The number of likely N-dealkylation sites (N-methyl/N-ethyl adjacent to an activating group) is 1. The van der Waals surface area contributed by atoms with Gasteiger partial charge in [0.05, 0.1) is 12.0 Å². The van der Waals surface area contributed by atoms with E-state index in [0.717, 1.165) is 5.56 Å². The van der Waals surface area contributed by atoms with Crippen molar-refractivity contribution in [3.05, 3.63) is 34.9 Å². The molecule has 0 aliphatic heterocycles. The Morgan fingerprint density at radius 2 is 2.11 bits per heavy atom. The highest BCUT2D eigenvalue weighted by Gasteiger charge is 2.22. The molecule has 1 aromatic rings. The Morgan fingerprint density at radius 1 is 1.44 bits per heavy atom. The Bertz CT molecular complexity index is 425. The number of rotatable bonds is 5. The Hall–Kier alpha value is -1.08. The molecule has 0 radical (unpaired) electrons. The third-order valence-corrected chi connectivity index (χ3v) is 3.18. The van der Waals surface area contributed by atoms with Crippen molar-refractivity contribution in [3.63, 3.8) is 0 Å². The molecule has 3 atom stereocenters. The van der Waals surface area contributed by atoms with E-state index in [0.29, 0.717) is 11.6 Å². The summed E-state index contributed by atoms with van der Waals surface area (Å²) in [6, 6.07) is 10.0. The van der Waals surface area contributed by atoms with Gasteiger partial charge in [0.15, 0.2) is 0 Å². The number of nitrogens with zero attached hydrogens (tertiary/aromatic N) is 2. The van der Waals surface area contributed by atoms with Crippen LogP contribution in [-0.4, -0.2) is 24.5 Å². The average molecular weight is 266 g/mol. The second-order valence-electron chi connectivity index (χ2n) is 4.83. The quantitative estimate of drug-likeness (QED) is 0.891. The third-order valence-electron chi connectivity index (χ3n) is 2.95. The van der Waals surface area contributed by atoms with Crippen molar-refractivity contribution in [3.8, 4) is 6.07 Å². The summed E-state index contributed by atoms with van der Waals surface area (Å²) in [4.78, 5) is 2.12. The SMILES string of the molecule is CC(C#N)CN(C)C(c1cccc(Cl)c1)C(C)N. The first-order valence-electron chi connectivity index (χ1n) is 6.06. The molecule has 18 heavy (non-hydrogen) atoms. The van der Waals surface area contributed by atoms with Gasteiger partial charge in [-0.2, -0.15) is 5.26 Å². The predicted molar refractivity (Wildman–Crippen MR) is 75.2 cm³/mol. The number of benzene rings is 1. The van der Waals surface area contributed by atoms with Crippen LogP contribution in [0.1, 0.15) is 25.5 Å². The van der Waals surface area contributed by atoms with Gasteiger partial charge in [0.1, 0.15) is 0 Å². The lowest BCUT2D eigenvalue weighted by atomic mass is 9.98. The molecule has 0 heterocycles. The van der Waals surface area contributed by atoms with Gasteiger partial charge in [0, 0.05) is 23.7 Å². The number of hydrogen-bond acceptors (Lipinski definition) is 3. The molecular weight excluding hydrogens is 246 g/mol. The van der Waals surface area contributed by atoms with Gasteiger partial charge in [-0.1, -0.05) is 23.7 Å². The average Bonchev–Trinajstić information content (AvgIpc) is 2.28. The zero-order chi connectivity index (χ0) is 13.7. The first kappa shape index (κ1) is 15.0. The van der Waals surface area contributed by atoms with Gasteiger partial charge in [-0.05, 0) is 38.6 Å². The zero-order valence-electron chi connectivity index (χ0n) is 11.1. The molecule has 98 valence electrons. The van der Waals surface area contributed by atoms with E-state index in [1.165, 1.54) is 0 Å². The van der Waals surface area contributed by atoms with Crippen LogP contribution in [0.2, 0.25) is 5.02 Å². The summed E-state index contributed by atoms with van der Waals surface area (Å²) >= 11 is 6.02. The lowest BCUT2D eigenvalue weighted by Gasteiger charge is -2.32. The van der Waals surface area contributed by atoms with Gasteiger partial charge in [0.25, 0.3) is 0 Å². The topological polar surface area (TPSA) is 53.0 Å². The minimum absolute atomic E-state index is 0.0181. The van der Waals surface area contributed by atoms with Crippen LogP contribution in [0, 0.1) is 17.2 Å². The number of nitriles is 1. The van der Waals surface area contributed by atoms with E-state index < -0.39 is 0 Å². The van der Waals surface area contributed by atoms with E-state index >= 15 is 0 Å². The number of nitrogens with two attached hydrogens (primary N) is 1. The number of halogens is 1. The van der Waals surface area contributed by atoms with Crippen LogP contribution >= 0.6 is 11.6 Å².